The number of nitrogens with zero attached hydrogens (tertiary/aromatic N) is 1. The molecule has 6 heteroatoms. The Balaban J connectivity index is 0.000000497. The zero-order valence-electron chi connectivity index (χ0n) is 18.6. The van der Waals surface area contributed by atoms with Crippen molar-refractivity contribution in [2.45, 2.75) is 47.0 Å². The summed E-state index contributed by atoms with van der Waals surface area (Å²) in [5.41, 5.74) is 7.14. The van der Waals surface area contributed by atoms with Gasteiger partial charge in [-0.15, -0.1) is 0 Å². The Bertz CT molecular complexity index is 697. The summed E-state index contributed by atoms with van der Waals surface area (Å²) >= 11 is 0. The number of likely N-dealkylation sites (tertiary alicyclic amines) is 1. The average Bonchev–Trinajstić information content (AvgIpc) is 2.77. The van der Waals surface area contributed by atoms with Crippen LogP contribution >= 0.6 is 0 Å². The number of nitrogens with two attached hydrogens (primary N) is 1. The Labute approximate surface area is 180 Å². The van der Waals surface area contributed by atoms with E-state index in [1.54, 1.807) is 30.9 Å². The molecule has 30 heavy (non-hydrogen) atoms. The van der Waals surface area contributed by atoms with Crippen molar-refractivity contribution in [2.75, 3.05) is 25.4 Å². The van der Waals surface area contributed by atoms with E-state index in [0.29, 0.717) is 13.1 Å². The van der Waals surface area contributed by atoms with Gasteiger partial charge in [-0.1, -0.05) is 44.2 Å². The highest BCUT2D eigenvalue weighted by molar-refractivity contribution is 5.96. The fourth-order valence-electron chi connectivity index (χ4n) is 2.68. The molecule has 1 aliphatic rings. The molecule has 1 saturated heterocycles. The van der Waals surface area contributed by atoms with Gasteiger partial charge in [-0.3, -0.25) is 9.59 Å². The summed E-state index contributed by atoms with van der Waals surface area (Å²) in [4.78, 5) is 23.1. The number of amides is 1. The fourth-order valence-corrected chi connectivity index (χ4v) is 2.68. The molecule has 0 aliphatic carbocycles. The first-order valence-electron chi connectivity index (χ1n) is 10.4. The Morgan fingerprint density at radius 2 is 1.67 bits per heavy atom. The van der Waals surface area contributed by atoms with Crippen LogP contribution in [0.25, 0.3) is 0 Å². The quantitative estimate of drug-likeness (QED) is 0.547. The minimum atomic E-state index is -0.407. The topological polar surface area (TPSA) is 72.6 Å². The Morgan fingerprint density at radius 3 is 2.07 bits per heavy atom. The van der Waals surface area contributed by atoms with Crippen LogP contribution in [-0.4, -0.2) is 37.0 Å². The average molecular weight is 419 g/mol. The Hall–Kier alpha value is -2.89. The molecule has 1 heterocycles. The number of carbonyl (C=O) groups excluding carboxylic acids is 2. The van der Waals surface area contributed by atoms with Crippen LogP contribution < -0.4 is 5.73 Å². The van der Waals surface area contributed by atoms with Gasteiger partial charge in [-0.2, -0.15) is 0 Å². The zero-order valence-corrected chi connectivity index (χ0v) is 18.6. The normalized spacial score (nSPS) is 12.0. The molecule has 0 aromatic heterocycles. The summed E-state index contributed by atoms with van der Waals surface area (Å²) in [5, 5.41) is 0. The number of hydrogen-bond acceptors (Lipinski definition) is 4. The van der Waals surface area contributed by atoms with Gasteiger partial charge >= 0.3 is 0 Å². The molecule has 0 atom stereocenters. The molecule has 1 fully saturated rings. The number of halogens is 1. The van der Waals surface area contributed by atoms with Gasteiger partial charge in [0.05, 0.1) is 12.2 Å². The third-order valence-corrected chi connectivity index (χ3v) is 4.11. The molecule has 1 amide bonds. The van der Waals surface area contributed by atoms with E-state index in [-0.39, 0.29) is 11.5 Å². The second-order valence-corrected chi connectivity index (χ2v) is 6.25. The van der Waals surface area contributed by atoms with E-state index in [1.807, 2.05) is 44.2 Å². The van der Waals surface area contributed by atoms with Gasteiger partial charge in [0.1, 0.15) is 5.82 Å². The van der Waals surface area contributed by atoms with E-state index in [1.165, 1.54) is 12.5 Å². The Kier molecular flexibility index (Phi) is 15.4. The number of benzene rings is 2. The number of nitrogen functional groups attached to an aromatic ring is 1. The highest BCUT2D eigenvalue weighted by Crippen LogP contribution is 2.18. The predicted octanol–water partition coefficient (Wildman–Crippen LogP) is 5.23. The maximum atomic E-state index is 13.6. The molecule has 5 nitrogen and oxygen atoms in total. The Morgan fingerprint density at radius 1 is 1.07 bits per heavy atom. The second kappa shape index (κ2) is 17.0. The standard InChI is InChI=1S/C13H16FNO.C6H7N.C3H6O2.C2H6/c1-10-6-5-7-11(14)12(10)13(16)15-8-3-2-4-9-15;7-6-4-2-1-3-5-6;1-2-5-3-4;1-2/h5-7H,2-4,8-9H2,1H3;1-5H,7H2;3H,2H2,1H3;1-2H3. The van der Waals surface area contributed by atoms with Crippen molar-refractivity contribution in [1.82, 2.24) is 4.90 Å². The smallest absolute Gasteiger partial charge is 0.293 e. The van der Waals surface area contributed by atoms with E-state index in [9.17, 15) is 14.0 Å². The van der Waals surface area contributed by atoms with Gasteiger partial charge in [0.15, 0.2) is 0 Å². The first kappa shape index (κ1) is 27.1. The molecule has 0 unspecified atom stereocenters. The number of para-hydroxylation sites is 1. The van der Waals surface area contributed by atoms with Crippen molar-refractivity contribution in [3.05, 3.63) is 65.5 Å². The summed E-state index contributed by atoms with van der Waals surface area (Å²) < 4.78 is 17.8. The third-order valence-electron chi connectivity index (χ3n) is 4.11. The van der Waals surface area contributed by atoms with Crippen LogP contribution in [0.5, 0.6) is 0 Å². The van der Waals surface area contributed by atoms with Crippen LogP contribution in [0.3, 0.4) is 0 Å². The molecule has 0 saturated carbocycles. The van der Waals surface area contributed by atoms with Crippen molar-refractivity contribution in [2.24, 2.45) is 0 Å². The molecular formula is C24H35FN2O3. The highest BCUT2D eigenvalue weighted by Gasteiger charge is 2.22. The van der Waals surface area contributed by atoms with Crippen LogP contribution in [0, 0.1) is 12.7 Å². The lowest BCUT2D eigenvalue weighted by atomic mass is 10.0. The zero-order chi connectivity index (χ0) is 22.8. The third kappa shape index (κ3) is 10.6. The van der Waals surface area contributed by atoms with Crippen molar-refractivity contribution in [1.29, 1.82) is 0 Å². The molecular weight excluding hydrogens is 383 g/mol. The van der Waals surface area contributed by atoms with Crippen LogP contribution in [0.2, 0.25) is 0 Å². The van der Waals surface area contributed by atoms with E-state index in [2.05, 4.69) is 4.74 Å². The lowest BCUT2D eigenvalue weighted by Gasteiger charge is -2.27. The number of rotatable bonds is 3. The van der Waals surface area contributed by atoms with E-state index < -0.39 is 5.82 Å². The van der Waals surface area contributed by atoms with Gasteiger partial charge in [-0.05, 0) is 56.9 Å². The largest absolute Gasteiger partial charge is 0.468 e. The molecule has 2 aromatic rings. The van der Waals surface area contributed by atoms with Crippen molar-refractivity contribution in [3.63, 3.8) is 0 Å². The van der Waals surface area contributed by atoms with Crippen LogP contribution in [0.4, 0.5) is 10.1 Å². The van der Waals surface area contributed by atoms with Gasteiger partial charge in [0.2, 0.25) is 0 Å². The number of anilines is 1. The number of carbonyl (C=O) groups is 2. The molecule has 2 aromatic carbocycles. The van der Waals surface area contributed by atoms with Crippen molar-refractivity contribution >= 4 is 18.1 Å². The lowest BCUT2D eigenvalue weighted by molar-refractivity contribution is -0.128. The first-order chi connectivity index (χ1) is 14.5. The monoisotopic (exact) mass is 418 g/mol. The first-order valence-corrected chi connectivity index (χ1v) is 10.4. The molecule has 3 rings (SSSR count). The molecule has 166 valence electrons. The number of piperidine rings is 1. The number of hydrogen-bond donors (Lipinski definition) is 1. The van der Waals surface area contributed by atoms with Crippen LogP contribution in [-0.2, 0) is 9.53 Å². The van der Waals surface area contributed by atoms with Gasteiger partial charge in [-0.25, -0.2) is 4.39 Å². The van der Waals surface area contributed by atoms with E-state index in [4.69, 9.17) is 5.73 Å². The summed E-state index contributed by atoms with van der Waals surface area (Å²) in [6, 6.07) is 14.3. The molecule has 1 aliphatic heterocycles. The maximum absolute atomic E-state index is 13.6. The molecule has 0 bridgehead atoms. The van der Waals surface area contributed by atoms with Crippen LogP contribution in [0.15, 0.2) is 48.5 Å². The van der Waals surface area contributed by atoms with Gasteiger partial charge in [0, 0.05) is 18.8 Å². The van der Waals surface area contributed by atoms with E-state index in [0.717, 1.165) is 37.2 Å². The summed E-state index contributed by atoms with van der Waals surface area (Å²) in [7, 11) is 0. The van der Waals surface area contributed by atoms with Crippen molar-refractivity contribution < 1.29 is 18.7 Å². The molecule has 0 radical (unpaired) electrons. The summed E-state index contributed by atoms with van der Waals surface area (Å²) in [6.45, 7) is 9.96. The minimum Gasteiger partial charge on any atom is -0.468 e. The maximum Gasteiger partial charge on any atom is 0.293 e. The van der Waals surface area contributed by atoms with Crippen LogP contribution in [0.1, 0.15) is 56.0 Å². The molecule has 2 N–H and O–H groups in total. The summed E-state index contributed by atoms with van der Waals surface area (Å²) in [5.74, 6) is -0.564. The van der Waals surface area contributed by atoms with Crippen molar-refractivity contribution in [3.8, 4) is 0 Å². The SMILES string of the molecule is CC.CCOC=O.Cc1cccc(F)c1C(=O)N1CCCCC1.Nc1ccccc1. The lowest BCUT2D eigenvalue weighted by Crippen LogP contribution is -2.36. The van der Waals surface area contributed by atoms with E-state index >= 15 is 0 Å². The summed E-state index contributed by atoms with van der Waals surface area (Å²) in [6.07, 6.45) is 3.22. The highest BCUT2D eigenvalue weighted by atomic mass is 19.1. The number of ether oxygens (including phenoxy) is 1. The number of aryl methyl sites for hydroxylation is 1. The van der Waals surface area contributed by atoms with Gasteiger partial charge in [0.25, 0.3) is 12.4 Å². The minimum absolute atomic E-state index is 0.157. The second-order valence-electron chi connectivity index (χ2n) is 6.25. The van der Waals surface area contributed by atoms with Gasteiger partial charge < -0.3 is 15.4 Å². The fraction of sp³-hybridized carbons (Fsp3) is 0.417. The molecule has 0 spiro atoms. The predicted molar refractivity (Wildman–Crippen MR) is 121 cm³/mol.